The van der Waals surface area contributed by atoms with Crippen molar-refractivity contribution in [3.63, 3.8) is 0 Å². The van der Waals surface area contributed by atoms with E-state index in [0.29, 0.717) is 0 Å². The van der Waals surface area contributed by atoms with Crippen molar-refractivity contribution >= 4 is 0 Å². The summed E-state index contributed by atoms with van der Waals surface area (Å²) in [6.45, 7) is 1.72. The van der Waals surface area contributed by atoms with E-state index in [1.807, 2.05) is 30.3 Å². The van der Waals surface area contributed by atoms with Gasteiger partial charge in [0, 0.05) is 0 Å². The van der Waals surface area contributed by atoms with Crippen LogP contribution in [0.5, 0.6) is 0 Å². The van der Waals surface area contributed by atoms with Gasteiger partial charge in [0.2, 0.25) is 0 Å². The average Bonchev–Trinajstić information content (AvgIpc) is 2.05. The van der Waals surface area contributed by atoms with Crippen LogP contribution in [0.1, 0.15) is 18.6 Å². The molecule has 0 bridgehead atoms. The molecule has 2 nitrogen and oxygen atoms in total. The first kappa shape index (κ1) is 7.25. The summed E-state index contributed by atoms with van der Waals surface area (Å²) >= 11 is 0. The summed E-state index contributed by atoms with van der Waals surface area (Å²) in [5, 5.41) is 9.93. The van der Waals surface area contributed by atoms with Gasteiger partial charge in [-0.05, 0) is 17.7 Å². The minimum absolute atomic E-state index is 0.346. The quantitative estimate of drug-likeness (QED) is 0.453. The van der Waals surface area contributed by atoms with Gasteiger partial charge in [0.25, 0.3) is 0 Å². The first-order valence-corrected chi connectivity index (χ1v) is 3.18. The molecule has 0 aromatic heterocycles. The Bertz CT molecular complexity index is 184. The van der Waals surface area contributed by atoms with Crippen molar-refractivity contribution in [1.29, 1.82) is 0 Å². The van der Waals surface area contributed by atoms with Gasteiger partial charge in [-0.1, -0.05) is 30.3 Å². The fourth-order valence-corrected chi connectivity index (χ4v) is 0.780. The van der Waals surface area contributed by atoms with Crippen LogP contribution in [0.2, 0.25) is 0 Å². The lowest BCUT2D eigenvalue weighted by Gasteiger charge is -2.03. The molecule has 1 radical (unpaired) electrons. The molecule has 0 N–H and O–H groups in total. The van der Waals surface area contributed by atoms with Crippen molar-refractivity contribution < 1.29 is 10.1 Å². The van der Waals surface area contributed by atoms with Crippen LogP contribution in [0.4, 0.5) is 0 Å². The number of benzene rings is 1. The molecule has 1 aromatic carbocycles. The summed E-state index contributed by atoms with van der Waals surface area (Å²) < 4.78 is 0. The van der Waals surface area contributed by atoms with Crippen LogP contribution in [0, 0.1) is 0 Å². The molecule has 10 heavy (non-hydrogen) atoms. The Morgan fingerprint density at radius 2 is 1.90 bits per heavy atom. The standard InChI is InChI=1S/C8H9O2/c1-7(10-9)8-5-3-2-4-6-8/h2-7H,1H3/t7-/m0/s1. The molecule has 0 unspecified atom stereocenters. The highest BCUT2D eigenvalue weighted by atomic mass is 17.1. The van der Waals surface area contributed by atoms with Gasteiger partial charge < -0.3 is 0 Å². The summed E-state index contributed by atoms with van der Waals surface area (Å²) in [6.07, 6.45) is -0.346. The second-order valence-corrected chi connectivity index (χ2v) is 2.15. The predicted octanol–water partition coefficient (Wildman–Crippen LogP) is 2.11. The van der Waals surface area contributed by atoms with E-state index in [2.05, 4.69) is 4.89 Å². The van der Waals surface area contributed by atoms with E-state index in [9.17, 15) is 5.26 Å². The molecule has 0 aliphatic heterocycles. The molecule has 0 saturated heterocycles. The average molecular weight is 137 g/mol. The molecule has 1 rings (SSSR count). The van der Waals surface area contributed by atoms with Gasteiger partial charge in [-0.3, -0.25) is 0 Å². The first-order chi connectivity index (χ1) is 4.84. The maximum Gasteiger partial charge on any atom is 0.118 e. The van der Waals surface area contributed by atoms with Gasteiger partial charge in [-0.2, -0.15) is 4.89 Å². The summed E-state index contributed by atoms with van der Waals surface area (Å²) in [4.78, 5) is 3.89. The first-order valence-electron chi connectivity index (χ1n) is 3.18. The lowest BCUT2D eigenvalue weighted by molar-refractivity contribution is -0.334. The van der Waals surface area contributed by atoms with E-state index in [-0.39, 0.29) is 6.10 Å². The second-order valence-electron chi connectivity index (χ2n) is 2.15. The van der Waals surface area contributed by atoms with Crippen LogP contribution < -0.4 is 0 Å². The molecule has 1 aromatic rings. The van der Waals surface area contributed by atoms with Gasteiger partial charge in [0.1, 0.15) is 6.10 Å². The number of rotatable bonds is 2. The summed E-state index contributed by atoms with van der Waals surface area (Å²) in [5.41, 5.74) is 0.914. The maximum atomic E-state index is 9.93. The smallest absolute Gasteiger partial charge is 0.118 e. The third-order valence-electron chi connectivity index (χ3n) is 1.41. The van der Waals surface area contributed by atoms with Gasteiger partial charge in [-0.25, -0.2) is 0 Å². The van der Waals surface area contributed by atoms with Crippen molar-refractivity contribution in [3.8, 4) is 0 Å². The largest absolute Gasteiger partial charge is 0.196 e. The minimum atomic E-state index is -0.346. The number of hydrogen-bond donors (Lipinski definition) is 0. The highest BCUT2D eigenvalue weighted by Gasteiger charge is 2.02. The molecule has 0 aliphatic rings. The Hall–Kier alpha value is -0.860. The molecule has 0 spiro atoms. The van der Waals surface area contributed by atoms with Gasteiger partial charge in [-0.15, -0.1) is 0 Å². The molecule has 53 valence electrons. The lowest BCUT2D eigenvalue weighted by atomic mass is 10.1. The Morgan fingerprint density at radius 1 is 1.30 bits per heavy atom. The Kier molecular flexibility index (Phi) is 2.42. The van der Waals surface area contributed by atoms with Crippen LogP contribution in [0.15, 0.2) is 30.3 Å². The van der Waals surface area contributed by atoms with Crippen LogP contribution in [-0.2, 0) is 10.1 Å². The van der Waals surface area contributed by atoms with E-state index in [1.165, 1.54) is 0 Å². The fourth-order valence-electron chi connectivity index (χ4n) is 0.780. The van der Waals surface area contributed by atoms with Gasteiger partial charge in [0.05, 0.1) is 0 Å². The van der Waals surface area contributed by atoms with Crippen molar-refractivity contribution in [2.45, 2.75) is 13.0 Å². The van der Waals surface area contributed by atoms with Crippen LogP contribution in [0.3, 0.4) is 0 Å². The topological polar surface area (TPSA) is 29.1 Å². The van der Waals surface area contributed by atoms with E-state index in [4.69, 9.17) is 0 Å². The SMILES string of the molecule is C[C@H](O[O])c1ccccc1. The molecular weight excluding hydrogens is 128 g/mol. The van der Waals surface area contributed by atoms with Crippen molar-refractivity contribution in [1.82, 2.24) is 0 Å². The molecule has 0 amide bonds. The van der Waals surface area contributed by atoms with E-state index in [0.717, 1.165) is 5.56 Å². The normalized spacial score (nSPS) is 13.0. The van der Waals surface area contributed by atoms with Gasteiger partial charge >= 0.3 is 0 Å². The summed E-state index contributed by atoms with van der Waals surface area (Å²) in [6, 6.07) is 9.39. The van der Waals surface area contributed by atoms with Crippen LogP contribution >= 0.6 is 0 Å². The molecular formula is C8H9O2. The van der Waals surface area contributed by atoms with Crippen molar-refractivity contribution in [2.75, 3.05) is 0 Å². The Labute approximate surface area is 60.0 Å². The highest BCUT2D eigenvalue weighted by Crippen LogP contribution is 2.13. The van der Waals surface area contributed by atoms with Gasteiger partial charge in [0.15, 0.2) is 0 Å². The highest BCUT2D eigenvalue weighted by molar-refractivity contribution is 5.16. The monoisotopic (exact) mass is 137 g/mol. The fraction of sp³-hybridized carbons (Fsp3) is 0.250. The van der Waals surface area contributed by atoms with Crippen molar-refractivity contribution in [3.05, 3.63) is 35.9 Å². The molecule has 2 heteroatoms. The van der Waals surface area contributed by atoms with E-state index < -0.39 is 0 Å². The van der Waals surface area contributed by atoms with E-state index in [1.54, 1.807) is 6.92 Å². The number of hydrogen-bond acceptors (Lipinski definition) is 1. The van der Waals surface area contributed by atoms with Crippen LogP contribution in [0.25, 0.3) is 0 Å². The van der Waals surface area contributed by atoms with Crippen LogP contribution in [-0.4, -0.2) is 0 Å². The van der Waals surface area contributed by atoms with Crippen molar-refractivity contribution in [2.24, 2.45) is 0 Å². The molecule has 0 fully saturated rings. The minimum Gasteiger partial charge on any atom is -0.196 e. The maximum absolute atomic E-state index is 9.93. The summed E-state index contributed by atoms with van der Waals surface area (Å²) in [5.74, 6) is 0. The zero-order chi connectivity index (χ0) is 7.40. The second kappa shape index (κ2) is 3.34. The predicted molar refractivity (Wildman–Crippen MR) is 36.6 cm³/mol. The zero-order valence-electron chi connectivity index (χ0n) is 5.78. The van der Waals surface area contributed by atoms with E-state index >= 15 is 0 Å². The molecule has 0 saturated carbocycles. The third kappa shape index (κ3) is 1.56. The third-order valence-corrected chi connectivity index (χ3v) is 1.41. The Morgan fingerprint density at radius 3 is 2.40 bits per heavy atom. The molecule has 0 aliphatic carbocycles. The molecule has 0 heterocycles. The lowest BCUT2D eigenvalue weighted by Crippen LogP contribution is -1.93. The zero-order valence-corrected chi connectivity index (χ0v) is 5.78. The summed E-state index contributed by atoms with van der Waals surface area (Å²) in [7, 11) is 0. The molecule has 1 atom stereocenters. The Balaban J connectivity index is 2.75.